The van der Waals surface area contributed by atoms with E-state index in [0.29, 0.717) is 0 Å². The fraction of sp³-hybridized carbons (Fsp3) is 1.00. The number of hydrogen-bond donors (Lipinski definition) is 2. The summed E-state index contributed by atoms with van der Waals surface area (Å²) >= 11 is 0. The van der Waals surface area contributed by atoms with Gasteiger partial charge in [-0.15, -0.1) is 0 Å². The van der Waals surface area contributed by atoms with Gasteiger partial charge < -0.3 is 11.1 Å². The standard InChI is InChI=1S/C9H22N2/c1-4-9(6-10)5-8(2)7-11-3/h8-9,11H,4-7,10H2,1-3H3. The highest BCUT2D eigenvalue weighted by atomic mass is 14.8. The lowest BCUT2D eigenvalue weighted by atomic mass is 9.94. The second kappa shape index (κ2) is 6.62. The van der Waals surface area contributed by atoms with Gasteiger partial charge in [-0.1, -0.05) is 20.3 Å². The Bertz CT molecular complexity index is 79.6. The molecule has 0 aromatic carbocycles. The molecule has 0 aromatic heterocycles. The first kappa shape index (κ1) is 10.9. The summed E-state index contributed by atoms with van der Waals surface area (Å²) in [5.74, 6) is 1.48. The van der Waals surface area contributed by atoms with E-state index in [-0.39, 0.29) is 0 Å². The van der Waals surface area contributed by atoms with E-state index in [2.05, 4.69) is 19.2 Å². The Labute approximate surface area is 70.5 Å². The first-order valence-electron chi connectivity index (χ1n) is 4.59. The second-order valence-corrected chi connectivity index (χ2v) is 3.41. The summed E-state index contributed by atoms with van der Waals surface area (Å²) in [6.45, 7) is 6.43. The van der Waals surface area contributed by atoms with Crippen LogP contribution < -0.4 is 11.1 Å². The van der Waals surface area contributed by atoms with Gasteiger partial charge in [-0.3, -0.25) is 0 Å². The Kier molecular flexibility index (Phi) is 6.57. The van der Waals surface area contributed by atoms with Gasteiger partial charge in [-0.2, -0.15) is 0 Å². The summed E-state index contributed by atoms with van der Waals surface area (Å²) in [5, 5.41) is 3.18. The van der Waals surface area contributed by atoms with E-state index < -0.39 is 0 Å². The fourth-order valence-electron chi connectivity index (χ4n) is 1.43. The molecule has 3 N–H and O–H groups in total. The van der Waals surface area contributed by atoms with Crippen molar-refractivity contribution >= 4 is 0 Å². The molecular weight excluding hydrogens is 136 g/mol. The number of nitrogens with one attached hydrogen (secondary N) is 1. The van der Waals surface area contributed by atoms with Crippen LogP contribution in [-0.4, -0.2) is 20.1 Å². The molecule has 2 heteroatoms. The summed E-state index contributed by atoms with van der Waals surface area (Å²) in [4.78, 5) is 0. The molecule has 0 aromatic rings. The van der Waals surface area contributed by atoms with Crippen LogP contribution in [0.1, 0.15) is 26.7 Å². The highest BCUT2D eigenvalue weighted by Gasteiger charge is 2.08. The van der Waals surface area contributed by atoms with Crippen LogP contribution in [0.3, 0.4) is 0 Å². The van der Waals surface area contributed by atoms with E-state index in [1.165, 1.54) is 12.8 Å². The minimum Gasteiger partial charge on any atom is -0.330 e. The highest BCUT2D eigenvalue weighted by molar-refractivity contribution is 4.63. The molecule has 0 fully saturated rings. The van der Waals surface area contributed by atoms with Crippen LogP contribution >= 0.6 is 0 Å². The molecule has 0 saturated carbocycles. The molecule has 0 bridgehead atoms. The topological polar surface area (TPSA) is 38.0 Å². The van der Waals surface area contributed by atoms with Crippen molar-refractivity contribution < 1.29 is 0 Å². The maximum Gasteiger partial charge on any atom is -0.00260 e. The summed E-state index contributed by atoms with van der Waals surface area (Å²) < 4.78 is 0. The zero-order chi connectivity index (χ0) is 8.69. The molecule has 0 amide bonds. The molecule has 0 heterocycles. The maximum absolute atomic E-state index is 5.61. The van der Waals surface area contributed by atoms with Gasteiger partial charge in [-0.25, -0.2) is 0 Å². The SMILES string of the molecule is CCC(CN)CC(C)CNC. The normalized spacial score (nSPS) is 16.4. The third kappa shape index (κ3) is 5.22. The lowest BCUT2D eigenvalue weighted by Crippen LogP contribution is -2.22. The zero-order valence-corrected chi connectivity index (χ0v) is 8.06. The van der Waals surface area contributed by atoms with Gasteiger partial charge in [0.25, 0.3) is 0 Å². The molecule has 11 heavy (non-hydrogen) atoms. The Morgan fingerprint density at radius 2 is 2.09 bits per heavy atom. The van der Waals surface area contributed by atoms with Crippen molar-refractivity contribution in [3.63, 3.8) is 0 Å². The maximum atomic E-state index is 5.61. The van der Waals surface area contributed by atoms with Gasteiger partial charge in [0.05, 0.1) is 0 Å². The van der Waals surface area contributed by atoms with Crippen molar-refractivity contribution in [1.82, 2.24) is 5.32 Å². The smallest absolute Gasteiger partial charge is 0.00260 e. The third-order valence-corrected chi connectivity index (χ3v) is 2.20. The number of nitrogens with two attached hydrogens (primary N) is 1. The molecule has 0 radical (unpaired) electrons. The van der Waals surface area contributed by atoms with Crippen molar-refractivity contribution in [3.05, 3.63) is 0 Å². The number of rotatable bonds is 6. The van der Waals surface area contributed by atoms with Crippen LogP contribution in [0.4, 0.5) is 0 Å². The number of hydrogen-bond acceptors (Lipinski definition) is 2. The molecule has 0 aliphatic carbocycles. The van der Waals surface area contributed by atoms with Gasteiger partial charge in [0.1, 0.15) is 0 Å². The van der Waals surface area contributed by atoms with Crippen molar-refractivity contribution in [2.75, 3.05) is 20.1 Å². The molecular formula is C9H22N2. The Morgan fingerprint density at radius 1 is 1.45 bits per heavy atom. The molecule has 2 nitrogen and oxygen atoms in total. The van der Waals surface area contributed by atoms with Gasteiger partial charge in [0, 0.05) is 0 Å². The van der Waals surface area contributed by atoms with Crippen LogP contribution in [0.25, 0.3) is 0 Å². The van der Waals surface area contributed by atoms with Crippen LogP contribution in [0.15, 0.2) is 0 Å². The van der Waals surface area contributed by atoms with E-state index in [1.54, 1.807) is 0 Å². The predicted molar refractivity (Wildman–Crippen MR) is 50.5 cm³/mol. The van der Waals surface area contributed by atoms with E-state index in [4.69, 9.17) is 5.73 Å². The highest BCUT2D eigenvalue weighted by Crippen LogP contribution is 2.13. The molecule has 0 spiro atoms. The van der Waals surface area contributed by atoms with Crippen LogP contribution in [0.5, 0.6) is 0 Å². The Hall–Kier alpha value is -0.0800. The van der Waals surface area contributed by atoms with Crippen LogP contribution in [-0.2, 0) is 0 Å². The molecule has 0 rings (SSSR count). The minimum atomic E-state index is 0.721. The molecule has 0 aliphatic rings. The van der Waals surface area contributed by atoms with Crippen molar-refractivity contribution in [3.8, 4) is 0 Å². The minimum absolute atomic E-state index is 0.721. The summed E-state index contributed by atoms with van der Waals surface area (Å²) in [6, 6.07) is 0. The van der Waals surface area contributed by atoms with E-state index in [1.807, 2.05) is 7.05 Å². The molecule has 0 aliphatic heterocycles. The molecule has 0 saturated heterocycles. The van der Waals surface area contributed by atoms with E-state index >= 15 is 0 Å². The first-order chi connectivity index (χ1) is 5.24. The van der Waals surface area contributed by atoms with Crippen molar-refractivity contribution in [1.29, 1.82) is 0 Å². The second-order valence-electron chi connectivity index (χ2n) is 3.41. The Balaban J connectivity index is 3.44. The van der Waals surface area contributed by atoms with Crippen LogP contribution in [0, 0.1) is 11.8 Å². The lowest BCUT2D eigenvalue weighted by Gasteiger charge is -2.17. The van der Waals surface area contributed by atoms with Gasteiger partial charge in [0.15, 0.2) is 0 Å². The van der Waals surface area contributed by atoms with Gasteiger partial charge >= 0.3 is 0 Å². The summed E-state index contributed by atoms with van der Waals surface area (Å²) in [6.07, 6.45) is 2.47. The molecule has 68 valence electrons. The van der Waals surface area contributed by atoms with E-state index in [0.717, 1.165) is 24.9 Å². The summed E-state index contributed by atoms with van der Waals surface area (Å²) in [7, 11) is 2.00. The fourth-order valence-corrected chi connectivity index (χ4v) is 1.43. The monoisotopic (exact) mass is 158 g/mol. The van der Waals surface area contributed by atoms with Gasteiger partial charge in [0.2, 0.25) is 0 Å². The quantitative estimate of drug-likeness (QED) is 0.610. The van der Waals surface area contributed by atoms with Crippen molar-refractivity contribution in [2.24, 2.45) is 17.6 Å². The van der Waals surface area contributed by atoms with E-state index in [9.17, 15) is 0 Å². The largest absolute Gasteiger partial charge is 0.330 e. The average molecular weight is 158 g/mol. The third-order valence-electron chi connectivity index (χ3n) is 2.20. The Morgan fingerprint density at radius 3 is 2.45 bits per heavy atom. The van der Waals surface area contributed by atoms with Crippen LogP contribution in [0.2, 0.25) is 0 Å². The molecule has 2 atom stereocenters. The summed E-state index contributed by atoms with van der Waals surface area (Å²) in [5.41, 5.74) is 5.61. The van der Waals surface area contributed by atoms with Crippen molar-refractivity contribution in [2.45, 2.75) is 26.7 Å². The zero-order valence-electron chi connectivity index (χ0n) is 8.06. The average Bonchev–Trinajstić information content (AvgIpc) is 2.01. The van der Waals surface area contributed by atoms with Gasteiger partial charge in [-0.05, 0) is 38.4 Å². The lowest BCUT2D eigenvalue weighted by molar-refractivity contribution is 0.379. The first-order valence-corrected chi connectivity index (χ1v) is 4.59. The predicted octanol–water partition coefficient (Wildman–Crippen LogP) is 1.22. The molecule has 2 unspecified atom stereocenters.